The molecular formula is C28H32N6O2. The highest BCUT2D eigenvalue weighted by atomic mass is 16.3. The lowest BCUT2D eigenvalue weighted by Gasteiger charge is -2.35. The number of amides is 1. The maximum absolute atomic E-state index is 12.0. The third kappa shape index (κ3) is 6.25. The third-order valence-corrected chi connectivity index (χ3v) is 6.38. The first-order valence-corrected chi connectivity index (χ1v) is 12.3. The van der Waals surface area contributed by atoms with Crippen molar-refractivity contribution >= 4 is 17.3 Å². The zero-order valence-electron chi connectivity index (χ0n) is 20.8. The Balaban J connectivity index is 1.43. The second-order valence-electron chi connectivity index (χ2n) is 9.27. The number of rotatable bonds is 8. The molecule has 0 bridgehead atoms. The molecular weight excluding hydrogens is 452 g/mol. The number of benzene rings is 2. The van der Waals surface area contributed by atoms with Gasteiger partial charge < -0.3 is 15.3 Å². The van der Waals surface area contributed by atoms with Gasteiger partial charge in [-0.05, 0) is 35.9 Å². The van der Waals surface area contributed by atoms with E-state index >= 15 is 0 Å². The molecule has 1 aliphatic rings. The van der Waals surface area contributed by atoms with Gasteiger partial charge in [-0.2, -0.15) is 5.26 Å². The van der Waals surface area contributed by atoms with E-state index in [0.29, 0.717) is 23.5 Å². The molecule has 1 aliphatic heterocycles. The van der Waals surface area contributed by atoms with Gasteiger partial charge >= 0.3 is 0 Å². The number of aliphatic hydroxyl groups excluding tert-OH is 1. The third-order valence-electron chi connectivity index (χ3n) is 6.38. The fraction of sp³-hybridized carbons (Fsp3) is 0.357. The average molecular weight is 485 g/mol. The number of hydrogen-bond donors (Lipinski definition) is 2. The van der Waals surface area contributed by atoms with Crippen LogP contribution in [0, 0.1) is 17.2 Å². The quantitative estimate of drug-likeness (QED) is 0.505. The maximum Gasteiger partial charge on any atom is 0.226 e. The number of carbonyl (C=O) groups is 1. The molecule has 0 unspecified atom stereocenters. The van der Waals surface area contributed by atoms with Gasteiger partial charge in [0.2, 0.25) is 5.91 Å². The minimum Gasteiger partial charge on any atom is -0.395 e. The van der Waals surface area contributed by atoms with Crippen molar-refractivity contribution in [3.63, 3.8) is 0 Å². The number of nitriles is 1. The Morgan fingerprint density at radius 3 is 2.53 bits per heavy atom. The first kappa shape index (κ1) is 25.3. The number of nitrogens with zero attached hydrogens (tertiary/aromatic N) is 5. The van der Waals surface area contributed by atoms with Gasteiger partial charge in [-0.3, -0.25) is 9.69 Å². The second kappa shape index (κ2) is 11.8. The molecule has 8 nitrogen and oxygen atoms in total. The van der Waals surface area contributed by atoms with Crippen molar-refractivity contribution in [1.82, 2.24) is 14.9 Å². The number of aromatic nitrogens is 2. The zero-order valence-corrected chi connectivity index (χ0v) is 20.8. The Bertz CT molecular complexity index is 1230. The first-order chi connectivity index (χ1) is 17.5. The monoisotopic (exact) mass is 484 g/mol. The van der Waals surface area contributed by atoms with Gasteiger partial charge in [0.05, 0.1) is 23.6 Å². The number of piperazine rings is 1. The van der Waals surface area contributed by atoms with Gasteiger partial charge in [0.1, 0.15) is 11.9 Å². The van der Waals surface area contributed by atoms with Gasteiger partial charge in [-0.1, -0.05) is 32.0 Å². The molecule has 2 N–H and O–H groups in total. The van der Waals surface area contributed by atoms with E-state index < -0.39 is 0 Å². The van der Waals surface area contributed by atoms with Crippen LogP contribution in [0.1, 0.15) is 30.8 Å². The summed E-state index contributed by atoms with van der Waals surface area (Å²) >= 11 is 0. The number of β-amino-alcohol motifs (C(OH)–C–C–N with tert-alkyl or cyclic N) is 1. The molecule has 0 saturated carbocycles. The van der Waals surface area contributed by atoms with Crippen LogP contribution >= 0.6 is 0 Å². The Hall–Kier alpha value is -3.80. The lowest BCUT2D eigenvalue weighted by atomic mass is 10.1. The molecule has 1 fully saturated rings. The summed E-state index contributed by atoms with van der Waals surface area (Å²) in [5.41, 5.74) is 4.76. The van der Waals surface area contributed by atoms with Crippen LogP contribution in [0.15, 0.2) is 54.7 Å². The summed E-state index contributed by atoms with van der Waals surface area (Å²) < 4.78 is 0. The molecule has 1 amide bonds. The normalized spacial score (nSPS) is 14.0. The van der Waals surface area contributed by atoms with Crippen LogP contribution in [0.5, 0.6) is 0 Å². The van der Waals surface area contributed by atoms with Crippen LogP contribution in [0.4, 0.5) is 11.4 Å². The van der Waals surface area contributed by atoms with E-state index in [0.717, 1.165) is 49.5 Å². The lowest BCUT2D eigenvalue weighted by molar-refractivity contribution is -0.118. The van der Waals surface area contributed by atoms with E-state index in [1.165, 1.54) is 5.69 Å². The van der Waals surface area contributed by atoms with E-state index in [-0.39, 0.29) is 18.4 Å². The van der Waals surface area contributed by atoms with E-state index in [4.69, 9.17) is 10.1 Å². The Morgan fingerprint density at radius 2 is 1.86 bits per heavy atom. The Labute approximate surface area is 212 Å². The standard InChI is InChI=1S/C28H32N6O2/c1-20(2)28(36)32-25-8-5-22(18-23(25)19-29)26-9-10-30-27(31-26)17-21-3-6-24(7-4-21)34-13-11-33(12-14-34)15-16-35/h3-10,18,20,35H,11-17H2,1-2H3,(H,32,36). The van der Waals surface area contributed by atoms with Crippen molar-refractivity contribution in [2.45, 2.75) is 20.3 Å². The largest absolute Gasteiger partial charge is 0.395 e. The van der Waals surface area contributed by atoms with Gasteiger partial charge in [0.15, 0.2) is 0 Å². The summed E-state index contributed by atoms with van der Waals surface area (Å²) in [5.74, 6) is 0.406. The van der Waals surface area contributed by atoms with Crippen molar-refractivity contribution in [3.05, 3.63) is 71.7 Å². The molecule has 3 aromatic rings. The predicted octanol–water partition coefficient (Wildman–Crippen LogP) is 3.31. The molecule has 2 aromatic carbocycles. The summed E-state index contributed by atoms with van der Waals surface area (Å²) in [5, 5.41) is 21.5. The van der Waals surface area contributed by atoms with E-state index in [1.54, 1.807) is 18.3 Å². The number of hydrogen-bond acceptors (Lipinski definition) is 7. The minimum absolute atomic E-state index is 0.126. The van der Waals surface area contributed by atoms with Gasteiger partial charge in [0, 0.05) is 62.5 Å². The molecule has 4 rings (SSSR count). The number of nitrogens with one attached hydrogen (secondary N) is 1. The van der Waals surface area contributed by atoms with Crippen molar-refractivity contribution < 1.29 is 9.90 Å². The lowest BCUT2D eigenvalue weighted by Crippen LogP contribution is -2.47. The Morgan fingerprint density at radius 1 is 1.11 bits per heavy atom. The fourth-order valence-corrected chi connectivity index (χ4v) is 4.21. The molecule has 0 atom stereocenters. The predicted molar refractivity (Wildman–Crippen MR) is 141 cm³/mol. The SMILES string of the molecule is CC(C)C(=O)Nc1ccc(-c2ccnc(Cc3ccc(N4CCN(CCO)CC4)cc3)n2)cc1C#N. The summed E-state index contributed by atoms with van der Waals surface area (Å²) in [6, 6.07) is 17.9. The first-order valence-electron chi connectivity index (χ1n) is 12.3. The number of aliphatic hydroxyl groups is 1. The van der Waals surface area contributed by atoms with E-state index in [2.05, 4.69) is 50.4 Å². The number of anilines is 2. The Kier molecular flexibility index (Phi) is 8.26. The molecule has 0 radical (unpaired) electrons. The van der Waals surface area contributed by atoms with Crippen molar-refractivity contribution in [2.75, 3.05) is 49.5 Å². The highest BCUT2D eigenvalue weighted by molar-refractivity contribution is 5.93. The molecule has 2 heterocycles. The van der Waals surface area contributed by atoms with Crippen LogP contribution < -0.4 is 10.2 Å². The van der Waals surface area contributed by atoms with E-state index in [1.807, 2.05) is 26.0 Å². The van der Waals surface area contributed by atoms with Gasteiger partial charge in [-0.15, -0.1) is 0 Å². The smallest absolute Gasteiger partial charge is 0.226 e. The molecule has 36 heavy (non-hydrogen) atoms. The maximum atomic E-state index is 12.0. The molecule has 1 saturated heterocycles. The second-order valence-corrected chi connectivity index (χ2v) is 9.27. The summed E-state index contributed by atoms with van der Waals surface area (Å²) in [4.78, 5) is 25.9. The van der Waals surface area contributed by atoms with Gasteiger partial charge in [0.25, 0.3) is 0 Å². The number of carbonyl (C=O) groups excluding carboxylic acids is 1. The molecule has 0 aliphatic carbocycles. The topological polar surface area (TPSA) is 105 Å². The van der Waals surface area contributed by atoms with E-state index in [9.17, 15) is 10.1 Å². The molecule has 0 spiro atoms. The summed E-state index contributed by atoms with van der Waals surface area (Å²) in [6.07, 6.45) is 2.34. The summed E-state index contributed by atoms with van der Waals surface area (Å²) in [7, 11) is 0. The van der Waals surface area contributed by atoms with Crippen LogP contribution in [0.25, 0.3) is 11.3 Å². The minimum atomic E-state index is -0.170. The average Bonchev–Trinajstić information content (AvgIpc) is 2.90. The van der Waals surface area contributed by atoms with Crippen molar-refractivity contribution in [2.24, 2.45) is 5.92 Å². The van der Waals surface area contributed by atoms with Crippen LogP contribution in [-0.2, 0) is 11.2 Å². The zero-order chi connectivity index (χ0) is 25.5. The van der Waals surface area contributed by atoms with Crippen molar-refractivity contribution in [1.29, 1.82) is 5.26 Å². The van der Waals surface area contributed by atoms with Gasteiger partial charge in [-0.25, -0.2) is 9.97 Å². The molecule has 186 valence electrons. The molecule has 1 aromatic heterocycles. The van der Waals surface area contributed by atoms with Crippen molar-refractivity contribution in [3.8, 4) is 17.3 Å². The van der Waals surface area contributed by atoms with Crippen LogP contribution in [0.3, 0.4) is 0 Å². The van der Waals surface area contributed by atoms with Crippen LogP contribution in [-0.4, -0.2) is 65.2 Å². The summed E-state index contributed by atoms with van der Waals surface area (Å²) in [6.45, 7) is 8.40. The molecule has 8 heteroatoms. The highest BCUT2D eigenvalue weighted by Gasteiger charge is 2.17. The highest BCUT2D eigenvalue weighted by Crippen LogP contribution is 2.25. The fourth-order valence-electron chi connectivity index (χ4n) is 4.21. The van der Waals surface area contributed by atoms with Crippen LogP contribution in [0.2, 0.25) is 0 Å².